The van der Waals surface area contributed by atoms with Crippen molar-refractivity contribution in [1.82, 2.24) is 4.98 Å². The van der Waals surface area contributed by atoms with Crippen molar-refractivity contribution < 1.29 is 23.2 Å². The Balaban J connectivity index is 2.04. The van der Waals surface area contributed by atoms with E-state index in [1.54, 1.807) is 4.90 Å². The van der Waals surface area contributed by atoms with Crippen LogP contribution in [0, 0.1) is 16.0 Å². The number of nitrogens with zero attached hydrogens (tertiary/aromatic N) is 3. The summed E-state index contributed by atoms with van der Waals surface area (Å²) in [5.74, 6) is -1.22. The highest BCUT2D eigenvalue weighted by Crippen LogP contribution is 2.33. The van der Waals surface area contributed by atoms with Gasteiger partial charge in [-0.3, -0.25) is 0 Å². The van der Waals surface area contributed by atoms with E-state index in [2.05, 4.69) is 4.98 Å². The van der Waals surface area contributed by atoms with Gasteiger partial charge >= 0.3 is 12.0 Å². The Morgan fingerprint density at radius 2 is 2.20 bits per heavy atom. The molecule has 0 spiro atoms. The second-order valence-electron chi connectivity index (χ2n) is 4.61. The van der Waals surface area contributed by atoms with Crippen molar-refractivity contribution in [3.05, 3.63) is 28.4 Å². The summed E-state index contributed by atoms with van der Waals surface area (Å²) in [6.07, 6.45) is -5.52. The first kappa shape index (κ1) is 14.5. The summed E-state index contributed by atoms with van der Waals surface area (Å²) in [4.78, 5) is 15.0. The summed E-state index contributed by atoms with van der Waals surface area (Å²) >= 11 is 0. The molecule has 20 heavy (non-hydrogen) atoms. The van der Waals surface area contributed by atoms with Crippen LogP contribution < -0.4 is 4.90 Å². The fourth-order valence-electron chi connectivity index (χ4n) is 2.22. The third-order valence-corrected chi connectivity index (χ3v) is 3.29. The van der Waals surface area contributed by atoms with Crippen LogP contribution in [0.25, 0.3) is 0 Å². The van der Waals surface area contributed by atoms with Crippen LogP contribution in [-0.4, -0.2) is 40.4 Å². The van der Waals surface area contributed by atoms with Gasteiger partial charge in [-0.15, -0.1) is 0 Å². The molecular weight excluding hydrogens is 279 g/mol. The highest BCUT2D eigenvalue weighted by atomic mass is 19.4. The van der Waals surface area contributed by atoms with Gasteiger partial charge in [-0.2, -0.15) is 13.2 Å². The Hall–Kier alpha value is -1.90. The molecule has 1 fully saturated rings. The van der Waals surface area contributed by atoms with Crippen LogP contribution in [-0.2, 0) is 0 Å². The average molecular weight is 291 g/mol. The molecule has 2 heterocycles. The van der Waals surface area contributed by atoms with Crippen LogP contribution in [0.3, 0.4) is 0 Å². The molecule has 1 N–H and O–H groups in total. The van der Waals surface area contributed by atoms with E-state index in [0.717, 1.165) is 0 Å². The molecule has 0 saturated carbocycles. The number of hydrogen-bond donors (Lipinski definition) is 1. The van der Waals surface area contributed by atoms with E-state index in [1.165, 1.54) is 18.3 Å². The zero-order valence-corrected chi connectivity index (χ0v) is 10.2. The Kier molecular flexibility index (Phi) is 3.80. The van der Waals surface area contributed by atoms with Gasteiger partial charge in [0.2, 0.25) is 0 Å². The SMILES string of the molecule is O=[N+]([O-])c1ccc(N2CCC(C(O)C(F)(F)F)C2)cn1. The number of nitro groups is 1. The standard InChI is InChI=1S/C11H12F3N3O3/c12-11(13,14)10(18)7-3-4-16(6-7)8-1-2-9(15-5-8)17(19)20/h1-2,5,7,10,18H,3-4,6H2. The van der Waals surface area contributed by atoms with Gasteiger partial charge in [0, 0.05) is 25.1 Å². The molecule has 0 bridgehead atoms. The van der Waals surface area contributed by atoms with Gasteiger partial charge in [-0.05, 0) is 22.4 Å². The summed E-state index contributed by atoms with van der Waals surface area (Å²) in [7, 11) is 0. The van der Waals surface area contributed by atoms with Gasteiger partial charge in [-0.25, -0.2) is 0 Å². The Bertz CT molecular complexity index is 492. The number of halogens is 3. The smallest absolute Gasteiger partial charge is 0.383 e. The Labute approximate surface area is 112 Å². The molecule has 1 aromatic rings. The summed E-state index contributed by atoms with van der Waals surface area (Å²) in [5.41, 5.74) is 0.507. The molecule has 9 heteroatoms. The highest BCUT2D eigenvalue weighted by molar-refractivity contribution is 5.47. The first-order valence-corrected chi connectivity index (χ1v) is 5.89. The number of pyridine rings is 1. The maximum atomic E-state index is 12.4. The van der Waals surface area contributed by atoms with E-state index in [1.807, 2.05) is 0 Å². The molecule has 1 aliphatic heterocycles. The molecule has 1 saturated heterocycles. The van der Waals surface area contributed by atoms with Crippen LogP contribution in [0.2, 0.25) is 0 Å². The molecule has 110 valence electrons. The molecule has 2 unspecified atom stereocenters. The molecule has 1 aliphatic rings. The van der Waals surface area contributed by atoms with Crippen LogP contribution in [0.1, 0.15) is 6.42 Å². The first-order valence-electron chi connectivity index (χ1n) is 5.89. The number of anilines is 1. The monoisotopic (exact) mass is 291 g/mol. The van der Waals surface area contributed by atoms with E-state index in [0.29, 0.717) is 12.2 Å². The maximum absolute atomic E-state index is 12.4. The van der Waals surface area contributed by atoms with Crippen LogP contribution in [0.4, 0.5) is 24.7 Å². The van der Waals surface area contributed by atoms with Crippen molar-refractivity contribution in [3.8, 4) is 0 Å². The summed E-state index contributed by atoms with van der Waals surface area (Å²) in [6.45, 7) is 0.386. The lowest BCUT2D eigenvalue weighted by molar-refractivity contribution is -0.389. The molecular formula is C11H12F3N3O3. The predicted octanol–water partition coefficient (Wildman–Crippen LogP) is 1.74. The second-order valence-corrected chi connectivity index (χ2v) is 4.61. The molecule has 2 atom stereocenters. The van der Waals surface area contributed by atoms with Crippen LogP contribution >= 0.6 is 0 Å². The lowest BCUT2D eigenvalue weighted by Crippen LogP contribution is -2.37. The fourth-order valence-corrected chi connectivity index (χ4v) is 2.22. The average Bonchev–Trinajstić information content (AvgIpc) is 2.86. The lowest BCUT2D eigenvalue weighted by Gasteiger charge is -2.22. The molecule has 0 radical (unpaired) electrons. The number of aliphatic hydroxyl groups excluding tert-OH is 1. The van der Waals surface area contributed by atoms with Gasteiger partial charge in [0.05, 0.1) is 5.69 Å². The van der Waals surface area contributed by atoms with Gasteiger partial charge in [0.25, 0.3) is 0 Å². The van der Waals surface area contributed by atoms with Crippen molar-refractivity contribution in [2.24, 2.45) is 5.92 Å². The number of rotatable bonds is 3. The summed E-state index contributed by atoms with van der Waals surface area (Å²) in [5, 5.41) is 19.7. The zero-order chi connectivity index (χ0) is 14.9. The minimum absolute atomic E-state index is 0.0418. The van der Waals surface area contributed by atoms with Crippen molar-refractivity contribution in [1.29, 1.82) is 0 Å². The largest absolute Gasteiger partial charge is 0.414 e. The topological polar surface area (TPSA) is 79.5 Å². The normalized spacial score (nSPS) is 21.0. The van der Waals surface area contributed by atoms with Gasteiger partial charge in [-0.1, -0.05) is 0 Å². The third-order valence-electron chi connectivity index (χ3n) is 3.29. The minimum Gasteiger partial charge on any atom is -0.383 e. The van der Waals surface area contributed by atoms with E-state index in [9.17, 15) is 28.4 Å². The van der Waals surface area contributed by atoms with Crippen molar-refractivity contribution in [3.63, 3.8) is 0 Å². The maximum Gasteiger partial charge on any atom is 0.414 e. The first-order chi connectivity index (χ1) is 9.29. The number of aliphatic hydroxyl groups is 1. The number of hydrogen-bond acceptors (Lipinski definition) is 5. The predicted molar refractivity (Wildman–Crippen MR) is 63.3 cm³/mol. The number of alkyl halides is 3. The van der Waals surface area contributed by atoms with E-state index in [4.69, 9.17) is 0 Å². The highest BCUT2D eigenvalue weighted by Gasteiger charge is 2.45. The minimum atomic E-state index is -4.63. The molecule has 0 aromatic carbocycles. The summed E-state index contributed by atoms with van der Waals surface area (Å²) in [6, 6.07) is 2.64. The summed E-state index contributed by atoms with van der Waals surface area (Å²) < 4.78 is 37.2. The molecule has 0 aliphatic carbocycles. The molecule has 2 rings (SSSR count). The second kappa shape index (κ2) is 5.23. The molecule has 1 aromatic heterocycles. The van der Waals surface area contributed by atoms with Gasteiger partial charge in [0.1, 0.15) is 0 Å². The molecule has 6 nitrogen and oxygen atoms in total. The van der Waals surface area contributed by atoms with Gasteiger partial charge in [0.15, 0.2) is 12.3 Å². The molecule has 0 amide bonds. The fraction of sp³-hybridized carbons (Fsp3) is 0.545. The Morgan fingerprint density at radius 1 is 1.50 bits per heavy atom. The number of aromatic nitrogens is 1. The van der Waals surface area contributed by atoms with Gasteiger partial charge < -0.3 is 20.1 Å². The van der Waals surface area contributed by atoms with Crippen molar-refractivity contribution in [2.75, 3.05) is 18.0 Å². The van der Waals surface area contributed by atoms with Crippen molar-refractivity contribution >= 4 is 11.5 Å². The Morgan fingerprint density at radius 3 is 2.70 bits per heavy atom. The van der Waals surface area contributed by atoms with E-state index in [-0.39, 0.29) is 18.8 Å². The van der Waals surface area contributed by atoms with E-state index < -0.39 is 23.1 Å². The van der Waals surface area contributed by atoms with Crippen molar-refractivity contribution in [2.45, 2.75) is 18.7 Å². The van der Waals surface area contributed by atoms with Crippen LogP contribution in [0.15, 0.2) is 18.3 Å². The van der Waals surface area contributed by atoms with E-state index >= 15 is 0 Å². The lowest BCUT2D eigenvalue weighted by atomic mass is 10.0. The van der Waals surface area contributed by atoms with Crippen LogP contribution in [0.5, 0.6) is 0 Å². The third kappa shape index (κ3) is 2.98. The quantitative estimate of drug-likeness (QED) is 0.678. The zero-order valence-electron chi connectivity index (χ0n) is 10.2.